The van der Waals surface area contributed by atoms with Crippen molar-refractivity contribution in [2.45, 2.75) is 63.8 Å². The lowest BCUT2D eigenvalue weighted by Gasteiger charge is -2.27. The molecule has 1 atom stereocenters. The summed E-state index contributed by atoms with van der Waals surface area (Å²) in [5.74, 6) is 2.13. The van der Waals surface area contributed by atoms with E-state index in [0.717, 1.165) is 18.9 Å². The predicted molar refractivity (Wildman–Crippen MR) is 87.9 cm³/mol. The highest BCUT2D eigenvalue weighted by Gasteiger charge is 2.21. The van der Waals surface area contributed by atoms with Gasteiger partial charge >= 0.3 is 0 Å². The third-order valence-electron chi connectivity index (χ3n) is 5.28. The molecule has 0 radical (unpaired) electrons. The van der Waals surface area contributed by atoms with E-state index < -0.39 is 0 Å². The van der Waals surface area contributed by atoms with Crippen molar-refractivity contribution in [1.29, 1.82) is 0 Å². The van der Waals surface area contributed by atoms with E-state index in [1.165, 1.54) is 68.2 Å². The average Bonchev–Trinajstić information content (AvgIpc) is 2.56. The van der Waals surface area contributed by atoms with Crippen LogP contribution in [0.1, 0.15) is 68.5 Å². The Hall–Kier alpha value is -1.02. The summed E-state index contributed by atoms with van der Waals surface area (Å²) in [4.78, 5) is 0. The lowest BCUT2D eigenvalue weighted by atomic mass is 9.84. The molecule has 0 amide bonds. The summed E-state index contributed by atoms with van der Waals surface area (Å²) >= 11 is 0. The standard InChI is InChI=1S/C19H29NO/c1-20-18(13-12-15-7-3-2-4-8-15)17-11-5-9-16-10-6-14-21-19(16)17/h5,9,11,15,18,20H,2-4,6-8,10,12-14H2,1H3. The molecule has 1 aliphatic carbocycles. The van der Waals surface area contributed by atoms with Crippen molar-refractivity contribution in [2.75, 3.05) is 13.7 Å². The van der Waals surface area contributed by atoms with Crippen LogP contribution >= 0.6 is 0 Å². The number of hydrogen-bond donors (Lipinski definition) is 1. The smallest absolute Gasteiger partial charge is 0.127 e. The van der Waals surface area contributed by atoms with Crippen LogP contribution < -0.4 is 10.1 Å². The van der Waals surface area contributed by atoms with Gasteiger partial charge in [-0.1, -0.05) is 50.3 Å². The Balaban J connectivity index is 1.68. The van der Waals surface area contributed by atoms with E-state index in [1.807, 2.05) is 0 Å². The van der Waals surface area contributed by atoms with Crippen molar-refractivity contribution in [3.8, 4) is 5.75 Å². The highest BCUT2D eigenvalue weighted by molar-refractivity contribution is 5.44. The highest BCUT2D eigenvalue weighted by atomic mass is 16.5. The first kappa shape index (κ1) is 14.9. The first-order chi connectivity index (χ1) is 10.4. The normalized spacial score (nSPS) is 20.6. The van der Waals surface area contributed by atoms with E-state index in [2.05, 4.69) is 30.6 Å². The molecule has 1 fully saturated rings. The van der Waals surface area contributed by atoms with Gasteiger partial charge in [0, 0.05) is 11.6 Å². The van der Waals surface area contributed by atoms with Crippen LogP contribution in [0.4, 0.5) is 0 Å². The average molecular weight is 287 g/mol. The van der Waals surface area contributed by atoms with Crippen LogP contribution in [0.5, 0.6) is 5.75 Å². The van der Waals surface area contributed by atoms with Gasteiger partial charge in [-0.2, -0.15) is 0 Å². The van der Waals surface area contributed by atoms with Gasteiger partial charge in [-0.15, -0.1) is 0 Å². The van der Waals surface area contributed by atoms with Gasteiger partial charge in [-0.25, -0.2) is 0 Å². The maximum absolute atomic E-state index is 5.99. The molecule has 0 aromatic heterocycles. The molecule has 2 aliphatic rings. The fourth-order valence-corrected chi connectivity index (χ4v) is 4.02. The molecule has 116 valence electrons. The number of fused-ring (bicyclic) bond motifs is 1. The zero-order valence-corrected chi connectivity index (χ0v) is 13.4. The molecule has 0 saturated heterocycles. The van der Waals surface area contributed by atoms with Crippen molar-refractivity contribution in [3.63, 3.8) is 0 Å². The summed E-state index contributed by atoms with van der Waals surface area (Å²) in [6.45, 7) is 0.878. The van der Waals surface area contributed by atoms with Crippen molar-refractivity contribution >= 4 is 0 Å². The van der Waals surface area contributed by atoms with Crippen LogP contribution in [0.25, 0.3) is 0 Å². The topological polar surface area (TPSA) is 21.3 Å². The Morgan fingerprint density at radius 1 is 1.19 bits per heavy atom. The molecule has 3 rings (SSSR count). The molecule has 2 heteroatoms. The zero-order valence-electron chi connectivity index (χ0n) is 13.4. The zero-order chi connectivity index (χ0) is 14.5. The van der Waals surface area contributed by atoms with Gasteiger partial charge in [0.05, 0.1) is 6.61 Å². The number of benzene rings is 1. The monoisotopic (exact) mass is 287 g/mol. The van der Waals surface area contributed by atoms with Gasteiger partial charge in [0.25, 0.3) is 0 Å². The summed E-state index contributed by atoms with van der Waals surface area (Å²) in [6.07, 6.45) is 12.1. The number of nitrogens with one attached hydrogen (secondary N) is 1. The van der Waals surface area contributed by atoms with Crippen LogP contribution in [0.2, 0.25) is 0 Å². The number of ether oxygens (including phenoxy) is 1. The number of hydrogen-bond acceptors (Lipinski definition) is 2. The molecule has 0 bridgehead atoms. The van der Waals surface area contributed by atoms with Gasteiger partial charge in [-0.05, 0) is 44.2 Å². The number of para-hydroxylation sites is 1. The van der Waals surface area contributed by atoms with Crippen LogP contribution in [-0.2, 0) is 6.42 Å². The molecular formula is C19H29NO. The third-order valence-corrected chi connectivity index (χ3v) is 5.28. The molecular weight excluding hydrogens is 258 g/mol. The fraction of sp³-hybridized carbons (Fsp3) is 0.684. The van der Waals surface area contributed by atoms with Gasteiger partial charge < -0.3 is 10.1 Å². The Kier molecular flexibility index (Phi) is 5.18. The van der Waals surface area contributed by atoms with E-state index in [1.54, 1.807) is 0 Å². The van der Waals surface area contributed by atoms with Crippen LogP contribution in [0.15, 0.2) is 18.2 Å². The second-order valence-electron chi connectivity index (χ2n) is 6.71. The number of rotatable bonds is 5. The molecule has 1 saturated carbocycles. The molecule has 0 spiro atoms. The predicted octanol–water partition coefficient (Wildman–Crippen LogP) is 4.63. The minimum absolute atomic E-state index is 0.444. The molecule has 1 aromatic rings. The number of aryl methyl sites for hydroxylation is 1. The lowest BCUT2D eigenvalue weighted by Crippen LogP contribution is -2.21. The molecule has 2 nitrogen and oxygen atoms in total. The molecule has 1 N–H and O–H groups in total. The molecule has 1 unspecified atom stereocenters. The fourth-order valence-electron chi connectivity index (χ4n) is 4.02. The molecule has 21 heavy (non-hydrogen) atoms. The molecule has 1 aliphatic heterocycles. The van der Waals surface area contributed by atoms with Gasteiger partial charge in [-0.3, -0.25) is 0 Å². The summed E-state index contributed by atoms with van der Waals surface area (Å²) in [5, 5.41) is 3.53. The summed E-state index contributed by atoms with van der Waals surface area (Å²) in [7, 11) is 2.09. The van der Waals surface area contributed by atoms with Crippen LogP contribution in [-0.4, -0.2) is 13.7 Å². The van der Waals surface area contributed by atoms with Crippen molar-refractivity contribution in [1.82, 2.24) is 5.32 Å². The molecule has 1 aromatic carbocycles. The second-order valence-corrected chi connectivity index (χ2v) is 6.71. The van der Waals surface area contributed by atoms with Crippen LogP contribution in [0.3, 0.4) is 0 Å². The Labute approximate surface area is 129 Å². The lowest BCUT2D eigenvalue weighted by molar-refractivity contribution is 0.277. The van der Waals surface area contributed by atoms with Gasteiger partial charge in [0.15, 0.2) is 0 Å². The first-order valence-corrected chi connectivity index (χ1v) is 8.80. The Morgan fingerprint density at radius 2 is 2.05 bits per heavy atom. The van der Waals surface area contributed by atoms with Crippen molar-refractivity contribution in [2.24, 2.45) is 5.92 Å². The minimum Gasteiger partial charge on any atom is -0.493 e. The van der Waals surface area contributed by atoms with E-state index >= 15 is 0 Å². The Morgan fingerprint density at radius 3 is 2.86 bits per heavy atom. The van der Waals surface area contributed by atoms with Gasteiger partial charge in [0.1, 0.15) is 5.75 Å². The van der Waals surface area contributed by atoms with E-state index in [0.29, 0.717) is 6.04 Å². The largest absolute Gasteiger partial charge is 0.493 e. The second kappa shape index (κ2) is 7.31. The third kappa shape index (κ3) is 3.60. The van der Waals surface area contributed by atoms with E-state index in [9.17, 15) is 0 Å². The summed E-state index contributed by atoms with van der Waals surface area (Å²) in [6, 6.07) is 7.13. The Bertz CT molecular complexity index is 451. The maximum Gasteiger partial charge on any atom is 0.127 e. The SMILES string of the molecule is CNC(CCC1CCCCC1)c1cccc2c1OCCC2. The highest BCUT2D eigenvalue weighted by Crippen LogP contribution is 2.36. The maximum atomic E-state index is 5.99. The van der Waals surface area contributed by atoms with Crippen molar-refractivity contribution in [3.05, 3.63) is 29.3 Å². The summed E-state index contributed by atoms with van der Waals surface area (Å²) in [5.41, 5.74) is 2.78. The van der Waals surface area contributed by atoms with Crippen molar-refractivity contribution < 1.29 is 4.74 Å². The first-order valence-electron chi connectivity index (χ1n) is 8.80. The van der Waals surface area contributed by atoms with E-state index in [4.69, 9.17) is 4.74 Å². The quantitative estimate of drug-likeness (QED) is 0.852. The molecule has 1 heterocycles. The van der Waals surface area contributed by atoms with Gasteiger partial charge in [0.2, 0.25) is 0 Å². The summed E-state index contributed by atoms with van der Waals surface area (Å²) < 4.78 is 5.99. The van der Waals surface area contributed by atoms with Crippen LogP contribution in [0, 0.1) is 5.92 Å². The van der Waals surface area contributed by atoms with E-state index in [-0.39, 0.29) is 0 Å². The minimum atomic E-state index is 0.444.